The van der Waals surface area contributed by atoms with Crippen LogP contribution in [0.5, 0.6) is 0 Å². The Morgan fingerprint density at radius 3 is 2.36 bits per heavy atom. The second-order valence-corrected chi connectivity index (χ2v) is 5.42. The molecular weight excluding hydrogens is 326 g/mol. The molecule has 0 bridgehead atoms. The molecule has 1 amide bonds. The average Bonchev–Trinajstić information content (AvgIpc) is 2.58. The van der Waals surface area contributed by atoms with Crippen molar-refractivity contribution in [3.8, 4) is 0 Å². The Hall–Kier alpha value is -2.70. The van der Waals surface area contributed by atoms with E-state index in [0.717, 1.165) is 5.56 Å². The standard InChI is InChI=1S/C18H23NO6/c1-3-24-17(22)15(11-13(2)20)16(21)9-10-19-18(23)25-12-14-7-5-4-6-8-14/h4-8,15H,3,9-12H2,1-2H3,(H,19,23). The van der Waals surface area contributed by atoms with E-state index in [1.807, 2.05) is 30.3 Å². The molecule has 1 N–H and O–H groups in total. The van der Waals surface area contributed by atoms with E-state index in [-0.39, 0.29) is 38.4 Å². The van der Waals surface area contributed by atoms with Gasteiger partial charge in [-0.25, -0.2) is 4.79 Å². The Bertz CT molecular complexity index is 599. The molecule has 0 heterocycles. The summed E-state index contributed by atoms with van der Waals surface area (Å²) in [6.07, 6.45) is -0.941. The number of hydrogen-bond acceptors (Lipinski definition) is 6. The zero-order chi connectivity index (χ0) is 18.7. The third-order valence-electron chi connectivity index (χ3n) is 3.30. The fourth-order valence-electron chi connectivity index (χ4n) is 2.10. The molecule has 0 radical (unpaired) electrons. The predicted octanol–water partition coefficient (Wildman–Crippen LogP) is 2.03. The van der Waals surface area contributed by atoms with Crippen LogP contribution in [0, 0.1) is 5.92 Å². The minimum absolute atomic E-state index is 0.0142. The van der Waals surface area contributed by atoms with Crippen molar-refractivity contribution in [1.29, 1.82) is 0 Å². The van der Waals surface area contributed by atoms with Gasteiger partial charge in [-0.1, -0.05) is 30.3 Å². The summed E-state index contributed by atoms with van der Waals surface area (Å²) < 4.78 is 9.83. The molecule has 1 aromatic carbocycles. The topological polar surface area (TPSA) is 98.8 Å². The number of Topliss-reactive ketones (excluding diaryl/α,β-unsaturated/α-hetero) is 2. The molecular formula is C18H23NO6. The summed E-state index contributed by atoms with van der Waals surface area (Å²) in [5.74, 6) is -2.56. The first-order chi connectivity index (χ1) is 11.9. The molecule has 0 saturated carbocycles. The zero-order valence-electron chi connectivity index (χ0n) is 14.4. The number of amides is 1. The minimum Gasteiger partial charge on any atom is -0.465 e. The molecule has 1 atom stereocenters. The fraction of sp³-hybridized carbons (Fsp3) is 0.444. The van der Waals surface area contributed by atoms with Crippen LogP contribution in [0.1, 0.15) is 32.3 Å². The lowest BCUT2D eigenvalue weighted by molar-refractivity contribution is -0.153. The van der Waals surface area contributed by atoms with Gasteiger partial charge in [0.2, 0.25) is 0 Å². The van der Waals surface area contributed by atoms with Crippen LogP contribution < -0.4 is 5.32 Å². The van der Waals surface area contributed by atoms with E-state index in [1.54, 1.807) is 6.92 Å². The average molecular weight is 349 g/mol. The Morgan fingerprint density at radius 1 is 1.08 bits per heavy atom. The SMILES string of the molecule is CCOC(=O)C(CC(C)=O)C(=O)CCNC(=O)OCc1ccccc1. The van der Waals surface area contributed by atoms with E-state index in [2.05, 4.69) is 5.32 Å². The Kier molecular flexibility index (Phi) is 8.92. The van der Waals surface area contributed by atoms with Crippen molar-refractivity contribution in [2.45, 2.75) is 33.3 Å². The van der Waals surface area contributed by atoms with E-state index in [1.165, 1.54) is 6.92 Å². The van der Waals surface area contributed by atoms with Crippen molar-refractivity contribution >= 4 is 23.6 Å². The van der Waals surface area contributed by atoms with Crippen LogP contribution in [-0.4, -0.2) is 36.8 Å². The van der Waals surface area contributed by atoms with Gasteiger partial charge in [-0.2, -0.15) is 0 Å². The van der Waals surface area contributed by atoms with Crippen LogP contribution >= 0.6 is 0 Å². The van der Waals surface area contributed by atoms with Gasteiger partial charge in [0.15, 0.2) is 0 Å². The number of alkyl carbamates (subject to hydrolysis) is 1. The lowest BCUT2D eigenvalue weighted by atomic mass is 9.96. The smallest absolute Gasteiger partial charge is 0.407 e. The molecule has 0 aliphatic heterocycles. The molecule has 25 heavy (non-hydrogen) atoms. The van der Waals surface area contributed by atoms with Gasteiger partial charge < -0.3 is 14.8 Å². The summed E-state index contributed by atoms with van der Waals surface area (Å²) in [7, 11) is 0. The largest absolute Gasteiger partial charge is 0.465 e. The molecule has 7 heteroatoms. The van der Waals surface area contributed by atoms with Crippen molar-refractivity contribution in [2.24, 2.45) is 5.92 Å². The second kappa shape index (κ2) is 11.0. The highest BCUT2D eigenvalue weighted by atomic mass is 16.5. The van der Waals surface area contributed by atoms with Gasteiger partial charge in [0.1, 0.15) is 24.1 Å². The molecule has 0 saturated heterocycles. The maximum atomic E-state index is 12.1. The highest BCUT2D eigenvalue weighted by Gasteiger charge is 2.28. The number of rotatable bonds is 10. The summed E-state index contributed by atoms with van der Waals surface area (Å²) in [6, 6.07) is 9.17. The summed E-state index contributed by atoms with van der Waals surface area (Å²) in [4.78, 5) is 46.7. The maximum absolute atomic E-state index is 12.1. The maximum Gasteiger partial charge on any atom is 0.407 e. The minimum atomic E-state index is -1.13. The Morgan fingerprint density at radius 2 is 1.76 bits per heavy atom. The van der Waals surface area contributed by atoms with Gasteiger partial charge in [0.05, 0.1) is 6.61 Å². The predicted molar refractivity (Wildman–Crippen MR) is 89.7 cm³/mol. The van der Waals surface area contributed by atoms with Crippen molar-refractivity contribution in [1.82, 2.24) is 5.32 Å². The number of carbonyl (C=O) groups excluding carboxylic acids is 4. The highest BCUT2D eigenvalue weighted by molar-refractivity contribution is 6.02. The summed E-state index contributed by atoms with van der Waals surface area (Å²) in [5, 5.41) is 2.44. The highest BCUT2D eigenvalue weighted by Crippen LogP contribution is 2.11. The van der Waals surface area contributed by atoms with Crippen molar-refractivity contribution in [3.05, 3.63) is 35.9 Å². The third kappa shape index (κ3) is 8.10. The number of benzene rings is 1. The van der Waals surface area contributed by atoms with Crippen LogP contribution in [0.3, 0.4) is 0 Å². The van der Waals surface area contributed by atoms with Crippen molar-refractivity contribution < 1.29 is 28.7 Å². The van der Waals surface area contributed by atoms with E-state index in [9.17, 15) is 19.2 Å². The summed E-state index contributed by atoms with van der Waals surface area (Å²) >= 11 is 0. The molecule has 0 fully saturated rings. The van der Waals surface area contributed by atoms with Crippen LogP contribution in [0.2, 0.25) is 0 Å². The monoisotopic (exact) mass is 349 g/mol. The molecule has 0 aromatic heterocycles. The molecule has 7 nitrogen and oxygen atoms in total. The van der Waals surface area contributed by atoms with Crippen molar-refractivity contribution in [2.75, 3.05) is 13.2 Å². The van der Waals surface area contributed by atoms with Gasteiger partial charge >= 0.3 is 12.1 Å². The number of esters is 1. The number of ether oxygens (including phenoxy) is 2. The number of nitrogens with one attached hydrogen (secondary N) is 1. The second-order valence-electron chi connectivity index (χ2n) is 5.42. The number of ketones is 2. The normalized spacial score (nSPS) is 11.3. The van der Waals surface area contributed by atoms with E-state index >= 15 is 0 Å². The molecule has 1 rings (SSSR count). The lowest BCUT2D eigenvalue weighted by Gasteiger charge is -2.13. The van der Waals surface area contributed by atoms with Crippen LogP contribution in [0.4, 0.5) is 4.79 Å². The first kappa shape index (κ1) is 20.3. The molecule has 1 aromatic rings. The summed E-state index contributed by atoms with van der Waals surface area (Å²) in [6.45, 7) is 3.19. The van der Waals surface area contributed by atoms with Crippen LogP contribution in [0.15, 0.2) is 30.3 Å². The van der Waals surface area contributed by atoms with Crippen molar-refractivity contribution in [3.63, 3.8) is 0 Å². The summed E-state index contributed by atoms with van der Waals surface area (Å²) in [5.41, 5.74) is 0.845. The van der Waals surface area contributed by atoms with E-state index < -0.39 is 23.8 Å². The third-order valence-corrected chi connectivity index (χ3v) is 3.30. The fourth-order valence-corrected chi connectivity index (χ4v) is 2.10. The lowest BCUT2D eigenvalue weighted by Crippen LogP contribution is -2.32. The van der Waals surface area contributed by atoms with Crippen LogP contribution in [0.25, 0.3) is 0 Å². The van der Waals surface area contributed by atoms with Crippen LogP contribution in [-0.2, 0) is 30.5 Å². The first-order valence-corrected chi connectivity index (χ1v) is 8.07. The van der Waals surface area contributed by atoms with Gasteiger partial charge in [0, 0.05) is 19.4 Å². The van der Waals surface area contributed by atoms with Gasteiger partial charge in [-0.3, -0.25) is 14.4 Å². The molecule has 136 valence electrons. The Balaban J connectivity index is 2.38. The van der Waals surface area contributed by atoms with Gasteiger partial charge in [-0.05, 0) is 19.4 Å². The molecule has 1 unspecified atom stereocenters. The number of hydrogen-bond donors (Lipinski definition) is 1. The quantitative estimate of drug-likeness (QED) is 0.512. The molecule has 0 spiro atoms. The Labute approximate surface area is 146 Å². The van der Waals surface area contributed by atoms with E-state index in [0.29, 0.717) is 0 Å². The molecule has 0 aliphatic carbocycles. The van der Waals surface area contributed by atoms with Gasteiger partial charge in [-0.15, -0.1) is 0 Å². The first-order valence-electron chi connectivity index (χ1n) is 8.07. The zero-order valence-corrected chi connectivity index (χ0v) is 14.4. The van der Waals surface area contributed by atoms with Gasteiger partial charge in [0.25, 0.3) is 0 Å². The van der Waals surface area contributed by atoms with E-state index in [4.69, 9.17) is 9.47 Å². The number of carbonyl (C=O) groups is 4. The molecule has 0 aliphatic rings.